The Labute approximate surface area is 107 Å². The van der Waals surface area contributed by atoms with E-state index in [1.54, 1.807) is 0 Å². The SMILES string of the molecule is O=C1C=C2CCCCC23c2ccccc2NC3C1. The van der Waals surface area contributed by atoms with Crippen LogP contribution in [0.3, 0.4) is 0 Å². The largest absolute Gasteiger partial charge is 0.380 e. The van der Waals surface area contributed by atoms with Gasteiger partial charge in [-0.1, -0.05) is 30.2 Å². The Morgan fingerprint density at radius 3 is 3.06 bits per heavy atom. The van der Waals surface area contributed by atoms with E-state index < -0.39 is 0 Å². The van der Waals surface area contributed by atoms with Crippen LogP contribution in [0.4, 0.5) is 5.69 Å². The third kappa shape index (κ3) is 1.16. The molecule has 2 atom stereocenters. The van der Waals surface area contributed by atoms with Gasteiger partial charge in [0.15, 0.2) is 5.78 Å². The summed E-state index contributed by atoms with van der Waals surface area (Å²) in [5, 5.41) is 3.60. The first-order valence-electron chi connectivity index (χ1n) is 6.91. The first kappa shape index (κ1) is 10.4. The molecule has 2 nitrogen and oxygen atoms in total. The average molecular weight is 239 g/mol. The molecule has 92 valence electrons. The van der Waals surface area contributed by atoms with Crippen LogP contribution in [0, 0.1) is 0 Å². The van der Waals surface area contributed by atoms with Crippen molar-refractivity contribution in [3.05, 3.63) is 41.5 Å². The summed E-state index contributed by atoms with van der Waals surface area (Å²) in [6.07, 6.45) is 7.39. The van der Waals surface area contributed by atoms with Crippen LogP contribution in [0.25, 0.3) is 0 Å². The van der Waals surface area contributed by atoms with Crippen LogP contribution in [-0.2, 0) is 10.2 Å². The van der Waals surface area contributed by atoms with Gasteiger partial charge in [0, 0.05) is 23.6 Å². The van der Waals surface area contributed by atoms with Gasteiger partial charge >= 0.3 is 0 Å². The summed E-state index contributed by atoms with van der Waals surface area (Å²) in [7, 11) is 0. The van der Waals surface area contributed by atoms with Gasteiger partial charge in [0.25, 0.3) is 0 Å². The van der Waals surface area contributed by atoms with Gasteiger partial charge in [0.05, 0.1) is 0 Å². The molecule has 1 aromatic carbocycles. The Balaban J connectivity index is 1.95. The molecule has 0 amide bonds. The zero-order valence-electron chi connectivity index (χ0n) is 10.4. The van der Waals surface area contributed by atoms with Crippen molar-refractivity contribution in [2.45, 2.75) is 43.6 Å². The molecule has 0 radical (unpaired) electrons. The van der Waals surface area contributed by atoms with Gasteiger partial charge < -0.3 is 5.32 Å². The molecule has 2 aliphatic carbocycles. The molecule has 4 rings (SSSR count). The molecule has 2 unspecified atom stereocenters. The minimum Gasteiger partial charge on any atom is -0.380 e. The molecule has 1 saturated carbocycles. The second-order valence-corrected chi connectivity index (χ2v) is 5.76. The Bertz CT molecular complexity index is 560. The zero-order chi connectivity index (χ0) is 12.2. The fourth-order valence-corrected chi connectivity index (χ4v) is 4.19. The van der Waals surface area contributed by atoms with E-state index in [2.05, 4.69) is 29.6 Å². The van der Waals surface area contributed by atoms with E-state index in [-0.39, 0.29) is 5.41 Å². The number of allylic oxidation sites excluding steroid dienone is 1. The molecule has 1 spiro atoms. The number of benzene rings is 1. The molecule has 2 heteroatoms. The topological polar surface area (TPSA) is 29.1 Å². The fourth-order valence-electron chi connectivity index (χ4n) is 4.19. The predicted molar refractivity (Wildman–Crippen MR) is 71.7 cm³/mol. The lowest BCUT2D eigenvalue weighted by Gasteiger charge is -2.43. The molecule has 0 bridgehead atoms. The lowest BCUT2D eigenvalue weighted by atomic mass is 9.60. The highest BCUT2D eigenvalue weighted by Gasteiger charge is 2.52. The monoisotopic (exact) mass is 239 g/mol. The van der Waals surface area contributed by atoms with E-state index in [0.29, 0.717) is 18.2 Å². The van der Waals surface area contributed by atoms with E-state index in [9.17, 15) is 4.79 Å². The van der Waals surface area contributed by atoms with Gasteiger partial charge in [-0.25, -0.2) is 0 Å². The predicted octanol–water partition coefficient (Wildman–Crippen LogP) is 3.19. The highest BCUT2D eigenvalue weighted by atomic mass is 16.1. The maximum atomic E-state index is 11.9. The summed E-state index contributed by atoms with van der Waals surface area (Å²) in [6, 6.07) is 8.90. The van der Waals surface area contributed by atoms with Crippen molar-refractivity contribution in [2.24, 2.45) is 0 Å². The summed E-state index contributed by atoms with van der Waals surface area (Å²) >= 11 is 0. The van der Waals surface area contributed by atoms with Crippen LogP contribution in [-0.4, -0.2) is 11.8 Å². The van der Waals surface area contributed by atoms with E-state index in [1.807, 2.05) is 6.08 Å². The second-order valence-electron chi connectivity index (χ2n) is 5.76. The summed E-state index contributed by atoms with van der Waals surface area (Å²) in [5.74, 6) is 0.299. The molecular formula is C16H17NO. The minimum absolute atomic E-state index is 0.128. The number of carbonyl (C=O) groups is 1. The number of para-hydroxylation sites is 1. The number of rotatable bonds is 0. The minimum atomic E-state index is 0.128. The maximum Gasteiger partial charge on any atom is 0.157 e. The van der Waals surface area contributed by atoms with Crippen molar-refractivity contribution >= 4 is 11.5 Å². The summed E-state index contributed by atoms with van der Waals surface area (Å²) in [4.78, 5) is 11.9. The smallest absolute Gasteiger partial charge is 0.157 e. The lowest BCUT2D eigenvalue weighted by molar-refractivity contribution is -0.115. The second kappa shape index (κ2) is 3.47. The summed E-state index contributed by atoms with van der Waals surface area (Å²) < 4.78 is 0. The summed E-state index contributed by atoms with van der Waals surface area (Å²) in [6.45, 7) is 0. The summed E-state index contributed by atoms with van der Waals surface area (Å²) in [5.41, 5.74) is 4.17. The van der Waals surface area contributed by atoms with Gasteiger partial charge in [-0.05, 0) is 37.0 Å². The van der Waals surface area contributed by atoms with Crippen LogP contribution >= 0.6 is 0 Å². The van der Waals surface area contributed by atoms with Crippen LogP contribution in [0.2, 0.25) is 0 Å². The quantitative estimate of drug-likeness (QED) is 0.753. The van der Waals surface area contributed by atoms with Crippen molar-refractivity contribution in [2.75, 3.05) is 5.32 Å². The number of anilines is 1. The Morgan fingerprint density at radius 1 is 1.22 bits per heavy atom. The number of carbonyl (C=O) groups excluding carboxylic acids is 1. The third-order valence-electron chi connectivity index (χ3n) is 4.91. The van der Waals surface area contributed by atoms with Crippen molar-refractivity contribution in [1.82, 2.24) is 0 Å². The number of nitrogens with one attached hydrogen (secondary N) is 1. The molecule has 3 aliphatic rings. The van der Waals surface area contributed by atoms with E-state index in [0.717, 1.165) is 6.42 Å². The van der Waals surface area contributed by atoms with E-state index in [1.165, 1.54) is 36.1 Å². The Kier molecular flexibility index (Phi) is 2.00. The average Bonchev–Trinajstić information content (AvgIpc) is 2.69. The molecule has 1 heterocycles. The third-order valence-corrected chi connectivity index (χ3v) is 4.91. The van der Waals surface area contributed by atoms with Crippen molar-refractivity contribution < 1.29 is 4.79 Å². The zero-order valence-corrected chi connectivity index (χ0v) is 10.4. The van der Waals surface area contributed by atoms with Gasteiger partial charge in [0.2, 0.25) is 0 Å². The number of ketones is 1. The number of hydrogen-bond acceptors (Lipinski definition) is 2. The maximum absolute atomic E-state index is 11.9. The molecule has 0 saturated heterocycles. The van der Waals surface area contributed by atoms with Crippen LogP contribution in [0.1, 0.15) is 37.7 Å². The van der Waals surface area contributed by atoms with Gasteiger partial charge in [-0.15, -0.1) is 0 Å². The van der Waals surface area contributed by atoms with Crippen molar-refractivity contribution in [1.29, 1.82) is 0 Å². The normalized spacial score (nSPS) is 33.0. The standard InChI is InChI=1S/C16H17NO/c18-12-9-11-5-3-4-8-16(11)13-6-1-2-7-14(13)17-15(16)10-12/h1-2,6-7,9,15,17H,3-5,8,10H2. The Morgan fingerprint density at radius 2 is 2.11 bits per heavy atom. The number of fused-ring (bicyclic) bond motifs is 1. The highest BCUT2D eigenvalue weighted by Crippen LogP contribution is 2.55. The molecule has 1 aromatic rings. The van der Waals surface area contributed by atoms with Crippen LogP contribution in [0.5, 0.6) is 0 Å². The van der Waals surface area contributed by atoms with Crippen molar-refractivity contribution in [3.8, 4) is 0 Å². The highest BCUT2D eigenvalue weighted by molar-refractivity contribution is 5.94. The molecule has 18 heavy (non-hydrogen) atoms. The van der Waals surface area contributed by atoms with Gasteiger partial charge in [-0.3, -0.25) is 4.79 Å². The fraction of sp³-hybridized carbons (Fsp3) is 0.438. The first-order valence-corrected chi connectivity index (χ1v) is 6.91. The lowest BCUT2D eigenvalue weighted by Crippen LogP contribution is -2.46. The number of hydrogen-bond donors (Lipinski definition) is 1. The Hall–Kier alpha value is -1.57. The molecule has 1 aliphatic heterocycles. The van der Waals surface area contributed by atoms with Gasteiger partial charge in [-0.2, -0.15) is 0 Å². The molecule has 1 fully saturated rings. The van der Waals surface area contributed by atoms with Gasteiger partial charge in [0.1, 0.15) is 0 Å². The van der Waals surface area contributed by atoms with Crippen molar-refractivity contribution in [3.63, 3.8) is 0 Å². The first-order chi connectivity index (χ1) is 8.80. The molecule has 1 N–H and O–H groups in total. The molecular weight excluding hydrogens is 222 g/mol. The molecule has 0 aromatic heterocycles. The van der Waals surface area contributed by atoms with E-state index in [4.69, 9.17) is 0 Å². The van der Waals surface area contributed by atoms with Crippen LogP contribution < -0.4 is 5.32 Å². The van der Waals surface area contributed by atoms with E-state index >= 15 is 0 Å². The van der Waals surface area contributed by atoms with Crippen LogP contribution in [0.15, 0.2) is 35.9 Å².